The molecule has 0 unspecified atom stereocenters. The van der Waals surface area contributed by atoms with Crippen molar-refractivity contribution in [3.05, 3.63) is 34.9 Å². The molecule has 0 saturated carbocycles. The highest BCUT2D eigenvalue weighted by Gasteiger charge is 2.15. The van der Waals surface area contributed by atoms with Crippen molar-refractivity contribution in [1.82, 2.24) is 14.7 Å². The second-order valence-electron chi connectivity index (χ2n) is 3.66. The first-order chi connectivity index (χ1) is 9.12. The predicted octanol–water partition coefficient (Wildman–Crippen LogP) is 1.45. The predicted molar refractivity (Wildman–Crippen MR) is 74.5 cm³/mol. The number of nitrogens with zero attached hydrogens (tertiary/aromatic N) is 2. The minimum absolute atomic E-state index is 0.190. The van der Waals surface area contributed by atoms with Crippen LogP contribution < -0.4 is 10.0 Å². The summed E-state index contributed by atoms with van der Waals surface area (Å²) in [7, 11) is -3.54. The molecule has 0 aliphatic rings. The fraction of sp³-hybridized carbons (Fsp3) is 0.273. The maximum Gasteiger partial charge on any atom is 0.241 e. The normalized spacial score (nSPS) is 11.4. The minimum atomic E-state index is -3.54. The Hall–Kier alpha value is -1.51. The lowest BCUT2D eigenvalue weighted by Crippen LogP contribution is -2.23. The van der Waals surface area contributed by atoms with E-state index in [1.165, 1.54) is 29.7 Å². The lowest BCUT2D eigenvalue weighted by molar-refractivity contribution is 0.581. The van der Waals surface area contributed by atoms with Gasteiger partial charge in [0.15, 0.2) is 0 Å². The smallest absolute Gasteiger partial charge is 0.241 e. The lowest BCUT2D eigenvalue weighted by atomic mass is 10.4. The van der Waals surface area contributed by atoms with Crippen molar-refractivity contribution >= 4 is 27.2 Å². The van der Waals surface area contributed by atoms with Crippen LogP contribution in [0.5, 0.6) is 0 Å². The third-order valence-corrected chi connectivity index (χ3v) is 4.48. The molecule has 0 atom stereocenters. The monoisotopic (exact) mass is 298 g/mol. The van der Waals surface area contributed by atoms with Crippen LogP contribution in [0, 0.1) is 0 Å². The summed E-state index contributed by atoms with van der Waals surface area (Å²) in [6, 6.07) is 2.97. The van der Waals surface area contributed by atoms with Crippen molar-refractivity contribution in [2.24, 2.45) is 0 Å². The minimum Gasteiger partial charge on any atom is -0.370 e. The number of anilines is 1. The molecule has 2 N–H and O–H groups in total. The van der Waals surface area contributed by atoms with Gasteiger partial charge >= 0.3 is 0 Å². The van der Waals surface area contributed by atoms with Gasteiger partial charge < -0.3 is 5.32 Å². The summed E-state index contributed by atoms with van der Waals surface area (Å²) in [6.45, 7) is 2.80. The van der Waals surface area contributed by atoms with E-state index >= 15 is 0 Å². The molecule has 0 bridgehead atoms. The van der Waals surface area contributed by atoms with Crippen LogP contribution in [0.4, 0.5) is 5.82 Å². The molecule has 6 nitrogen and oxygen atoms in total. The molecule has 2 aromatic heterocycles. The molecule has 102 valence electrons. The van der Waals surface area contributed by atoms with Gasteiger partial charge in [0, 0.05) is 30.4 Å². The summed E-state index contributed by atoms with van der Waals surface area (Å²) in [6.07, 6.45) is 3.11. The average Bonchev–Trinajstić information content (AvgIpc) is 2.90. The van der Waals surface area contributed by atoms with Crippen molar-refractivity contribution in [2.45, 2.75) is 18.4 Å². The first-order valence-corrected chi connectivity index (χ1v) is 8.06. The second kappa shape index (κ2) is 6.09. The van der Waals surface area contributed by atoms with Gasteiger partial charge in [0.1, 0.15) is 10.8 Å². The molecule has 19 heavy (non-hydrogen) atoms. The number of aromatic nitrogens is 2. The molecule has 2 heterocycles. The fourth-order valence-electron chi connectivity index (χ4n) is 1.44. The van der Waals surface area contributed by atoms with Gasteiger partial charge in [-0.05, 0) is 13.0 Å². The first kappa shape index (κ1) is 13.9. The average molecular weight is 298 g/mol. The van der Waals surface area contributed by atoms with E-state index in [2.05, 4.69) is 20.0 Å². The van der Waals surface area contributed by atoms with Gasteiger partial charge in [-0.2, -0.15) is 0 Å². The van der Waals surface area contributed by atoms with Crippen molar-refractivity contribution in [1.29, 1.82) is 0 Å². The van der Waals surface area contributed by atoms with E-state index in [0.29, 0.717) is 12.4 Å². The Labute approximate surface area is 116 Å². The molecular formula is C11H14N4O2S2. The van der Waals surface area contributed by atoms with Crippen molar-refractivity contribution < 1.29 is 8.42 Å². The highest BCUT2D eigenvalue weighted by atomic mass is 32.2. The van der Waals surface area contributed by atoms with Crippen LogP contribution in [-0.2, 0) is 16.6 Å². The zero-order chi connectivity index (χ0) is 13.7. The Morgan fingerprint density at radius 1 is 1.32 bits per heavy atom. The number of rotatable bonds is 6. The topological polar surface area (TPSA) is 84.0 Å². The Kier molecular flexibility index (Phi) is 4.46. The van der Waals surface area contributed by atoms with Crippen LogP contribution in [0.15, 0.2) is 34.8 Å². The summed E-state index contributed by atoms with van der Waals surface area (Å²) in [4.78, 5) is 8.26. The van der Waals surface area contributed by atoms with Gasteiger partial charge in [0.2, 0.25) is 10.0 Å². The third-order valence-electron chi connectivity index (χ3n) is 2.30. The zero-order valence-corrected chi connectivity index (χ0v) is 12.0. The largest absolute Gasteiger partial charge is 0.370 e. The molecule has 0 fully saturated rings. The van der Waals surface area contributed by atoms with Gasteiger partial charge in [-0.15, -0.1) is 11.3 Å². The molecule has 2 rings (SSSR count). The number of hydrogen-bond acceptors (Lipinski definition) is 6. The van der Waals surface area contributed by atoms with Gasteiger partial charge in [-0.25, -0.2) is 23.1 Å². The van der Waals surface area contributed by atoms with Crippen LogP contribution in [0.3, 0.4) is 0 Å². The number of hydrogen-bond donors (Lipinski definition) is 2. The quantitative estimate of drug-likeness (QED) is 0.843. The van der Waals surface area contributed by atoms with E-state index in [-0.39, 0.29) is 11.4 Å². The zero-order valence-electron chi connectivity index (χ0n) is 10.3. The standard InChI is InChI=1S/C11H14N4O2S2/c1-2-12-10-7-9(3-4-13-10)19(16,17)15-8-11-14-5-6-18-11/h3-7,15H,2,8H2,1H3,(H,12,13). The third kappa shape index (κ3) is 3.72. The molecule has 0 aromatic carbocycles. The number of sulfonamides is 1. The van der Waals surface area contributed by atoms with Crippen LogP contribution in [0.2, 0.25) is 0 Å². The van der Waals surface area contributed by atoms with Gasteiger partial charge in [-0.1, -0.05) is 0 Å². The maximum atomic E-state index is 12.1. The Bertz CT molecular complexity index is 626. The Morgan fingerprint density at radius 2 is 2.16 bits per heavy atom. The van der Waals surface area contributed by atoms with E-state index < -0.39 is 10.0 Å². The van der Waals surface area contributed by atoms with E-state index in [1.54, 1.807) is 11.6 Å². The molecule has 0 amide bonds. The molecule has 0 aliphatic carbocycles. The van der Waals surface area contributed by atoms with E-state index in [1.807, 2.05) is 6.92 Å². The molecule has 0 aliphatic heterocycles. The maximum absolute atomic E-state index is 12.1. The lowest BCUT2D eigenvalue weighted by Gasteiger charge is -2.07. The van der Waals surface area contributed by atoms with Crippen LogP contribution >= 0.6 is 11.3 Å². The summed E-state index contributed by atoms with van der Waals surface area (Å²) in [5.74, 6) is 0.541. The molecular weight excluding hydrogens is 284 g/mol. The summed E-state index contributed by atoms with van der Waals surface area (Å²) < 4.78 is 26.7. The highest BCUT2D eigenvalue weighted by molar-refractivity contribution is 7.89. The SMILES string of the molecule is CCNc1cc(S(=O)(=O)NCc2nccs2)ccn1. The van der Waals surface area contributed by atoms with E-state index in [0.717, 1.165) is 5.01 Å². The number of nitrogens with one attached hydrogen (secondary N) is 2. The van der Waals surface area contributed by atoms with Gasteiger partial charge in [-0.3, -0.25) is 0 Å². The van der Waals surface area contributed by atoms with Crippen molar-refractivity contribution in [2.75, 3.05) is 11.9 Å². The molecule has 0 saturated heterocycles. The Morgan fingerprint density at radius 3 is 2.84 bits per heavy atom. The van der Waals surface area contributed by atoms with Crippen LogP contribution in [-0.4, -0.2) is 24.9 Å². The van der Waals surface area contributed by atoms with Gasteiger partial charge in [0.05, 0.1) is 11.4 Å². The molecule has 8 heteroatoms. The van der Waals surface area contributed by atoms with E-state index in [4.69, 9.17) is 0 Å². The van der Waals surface area contributed by atoms with Crippen molar-refractivity contribution in [3.63, 3.8) is 0 Å². The molecule has 2 aromatic rings. The van der Waals surface area contributed by atoms with Crippen LogP contribution in [0.1, 0.15) is 11.9 Å². The van der Waals surface area contributed by atoms with E-state index in [9.17, 15) is 8.42 Å². The van der Waals surface area contributed by atoms with Crippen molar-refractivity contribution in [3.8, 4) is 0 Å². The second-order valence-corrected chi connectivity index (χ2v) is 6.40. The molecule has 0 radical (unpaired) electrons. The number of thiazole rings is 1. The summed E-state index contributed by atoms with van der Waals surface area (Å²) >= 11 is 1.41. The highest BCUT2D eigenvalue weighted by Crippen LogP contribution is 2.13. The van der Waals surface area contributed by atoms with Crippen LogP contribution in [0.25, 0.3) is 0 Å². The number of pyridine rings is 1. The molecule has 0 spiro atoms. The summed E-state index contributed by atoms with van der Waals surface area (Å²) in [5, 5.41) is 5.51. The first-order valence-electron chi connectivity index (χ1n) is 5.70. The van der Waals surface area contributed by atoms with Gasteiger partial charge in [0.25, 0.3) is 0 Å². The summed E-state index contributed by atoms with van der Waals surface area (Å²) in [5.41, 5.74) is 0. The Balaban J connectivity index is 2.12. The fourth-order valence-corrected chi connectivity index (χ4v) is 3.08.